The molecule has 0 fully saturated rings. The van der Waals surface area contributed by atoms with Crippen molar-refractivity contribution in [1.29, 1.82) is 5.26 Å². The minimum absolute atomic E-state index is 0.287. The third-order valence-electron chi connectivity index (χ3n) is 2.21. The first-order valence-electron chi connectivity index (χ1n) is 5.42. The van der Waals surface area contributed by atoms with Crippen LogP contribution in [0.25, 0.3) is 0 Å². The molecule has 0 spiro atoms. The summed E-state index contributed by atoms with van der Waals surface area (Å²) in [6.45, 7) is 7.79. The van der Waals surface area contributed by atoms with Gasteiger partial charge in [-0.15, -0.1) is 0 Å². The Bertz CT molecular complexity index is 253. The number of hydrogen-bond donors (Lipinski definition) is 0. The molecule has 0 aliphatic rings. The summed E-state index contributed by atoms with van der Waals surface area (Å²) in [5.41, 5.74) is 0.287. The maximum atomic E-state index is 11.3. The monoisotopic (exact) mass is 209 g/mol. The van der Waals surface area contributed by atoms with Crippen molar-refractivity contribution in [2.45, 2.75) is 39.5 Å². The van der Waals surface area contributed by atoms with Crippen molar-refractivity contribution in [3.8, 4) is 6.07 Å². The molecule has 0 heterocycles. The molecule has 0 radical (unpaired) electrons. The van der Waals surface area contributed by atoms with Crippen molar-refractivity contribution >= 4 is 5.97 Å². The van der Waals surface area contributed by atoms with Crippen LogP contribution < -0.4 is 0 Å². The van der Waals surface area contributed by atoms with E-state index in [0.717, 1.165) is 19.3 Å². The van der Waals surface area contributed by atoms with Gasteiger partial charge in [-0.3, -0.25) is 0 Å². The van der Waals surface area contributed by atoms with Crippen molar-refractivity contribution in [3.05, 3.63) is 12.2 Å². The van der Waals surface area contributed by atoms with Crippen molar-refractivity contribution < 1.29 is 9.53 Å². The normalized spacial score (nSPS) is 11.5. The summed E-state index contributed by atoms with van der Waals surface area (Å²) in [6, 6.07) is 2.10. The first kappa shape index (κ1) is 13.7. The topological polar surface area (TPSA) is 50.1 Å². The Morgan fingerprint density at radius 2 is 2.13 bits per heavy atom. The first-order chi connectivity index (χ1) is 7.17. The number of rotatable bonds is 7. The van der Waals surface area contributed by atoms with Gasteiger partial charge in [-0.2, -0.15) is 5.26 Å². The van der Waals surface area contributed by atoms with Crippen LogP contribution in [0, 0.1) is 17.2 Å². The van der Waals surface area contributed by atoms with Crippen LogP contribution in [-0.2, 0) is 9.53 Å². The molecule has 1 unspecified atom stereocenters. The summed E-state index contributed by atoms with van der Waals surface area (Å²) in [5, 5.41) is 8.89. The molecule has 0 aliphatic heterocycles. The van der Waals surface area contributed by atoms with Gasteiger partial charge in [0.05, 0.1) is 18.6 Å². The van der Waals surface area contributed by atoms with Crippen LogP contribution in [0.3, 0.4) is 0 Å². The minimum Gasteiger partial charge on any atom is -0.463 e. The van der Waals surface area contributed by atoms with Crippen LogP contribution in [0.1, 0.15) is 39.5 Å². The van der Waals surface area contributed by atoms with Gasteiger partial charge >= 0.3 is 5.97 Å². The molecule has 0 aromatic rings. The van der Waals surface area contributed by atoms with Gasteiger partial charge in [0.2, 0.25) is 0 Å². The smallest absolute Gasteiger partial charge is 0.334 e. The minimum atomic E-state index is -0.444. The SMILES string of the molecule is C=C(C(=O)OCC)C(C#N)CCCCC. The Kier molecular flexibility index (Phi) is 7.35. The number of ether oxygens (including phenoxy) is 1. The van der Waals surface area contributed by atoms with Gasteiger partial charge in [-0.25, -0.2) is 4.79 Å². The summed E-state index contributed by atoms with van der Waals surface area (Å²) in [4.78, 5) is 11.3. The molecule has 3 nitrogen and oxygen atoms in total. The van der Waals surface area contributed by atoms with Gasteiger partial charge in [-0.05, 0) is 13.3 Å². The molecule has 0 N–H and O–H groups in total. The summed E-state index contributed by atoms with van der Waals surface area (Å²) in [6.07, 6.45) is 3.83. The van der Waals surface area contributed by atoms with Crippen molar-refractivity contribution in [1.82, 2.24) is 0 Å². The molecular formula is C12H19NO2. The van der Waals surface area contributed by atoms with Gasteiger partial charge in [0.15, 0.2) is 0 Å². The molecule has 84 valence electrons. The highest BCUT2D eigenvalue weighted by Crippen LogP contribution is 2.17. The summed E-state index contributed by atoms with van der Waals surface area (Å²) < 4.78 is 4.80. The average molecular weight is 209 g/mol. The summed E-state index contributed by atoms with van der Waals surface area (Å²) in [7, 11) is 0. The molecule has 0 aromatic heterocycles. The average Bonchev–Trinajstić information content (AvgIpc) is 2.24. The lowest BCUT2D eigenvalue weighted by Gasteiger charge is -2.10. The zero-order valence-electron chi connectivity index (χ0n) is 9.58. The van der Waals surface area contributed by atoms with Gasteiger partial charge in [0.1, 0.15) is 0 Å². The standard InChI is InChI=1S/C12H19NO2/c1-4-6-7-8-11(9-13)10(3)12(14)15-5-2/h11H,3-8H2,1-2H3. The molecule has 0 aromatic carbocycles. The van der Waals surface area contributed by atoms with Gasteiger partial charge in [-0.1, -0.05) is 32.8 Å². The number of carbonyl (C=O) groups is 1. The maximum Gasteiger partial charge on any atom is 0.334 e. The Balaban J connectivity index is 4.11. The predicted molar refractivity (Wildman–Crippen MR) is 59.0 cm³/mol. The van der Waals surface area contributed by atoms with Crippen LogP contribution in [0.2, 0.25) is 0 Å². The summed E-state index contributed by atoms with van der Waals surface area (Å²) >= 11 is 0. The van der Waals surface area contributed by atoms with Crippen molar-refractivity contribution in [2.75, 3.05) is 6.61 Å². The molecule has 0 rings (SSSR count). The number of esters is 1. The zero-order chi connectivity index (χ0) is 11.7. The molecule has 0 saturated carbocycles. The number of nitriles is 1. The molecule has 0 saturated heterocycles. The van der Waals surface area contributed by atoms with Gasteiger partial charge in [0.25, 0.3) is 0 Å². The largest absolute Gasteiger partial charge is 0.463 e. The van der Waals surface area contributed by atoms with E-state index in [1.54, 1.807) is 6.92 Å². The van der Waals surface area contributed by atoms with Crippen LogP contribution >= 0.6 is 0 Å². The van der Waals surface area contributed by atoms with E-state index in [9.17, 15) is 4.79 Å². The number of hydrogen-bond acceptors (Lipinski definition) is 3. The zero-order valence-corrected chi connectivity index (χ0v) is 9.58. The molecule has 0 bridgehead atoms. The number of unbranched alkanes of at least 4 members (excludes halogenated alkanes) is 2. The first-order valence-corrected chi connectivity index (χ1v) is 5.42. The van der Waals surface area contributed by atoms with Gasteiger partial charge in [0, 0.05) is 5.57 Å². The maximum absolute atomic E-state index is 11.3. The fraction of sp³-hybridized carbons (Fsp3) is 0.667. The fourth-order valence-electron chi connectivity index (χ4n) is 1.28. The lowest BCUT2D eigenvalue weighted by molar-refractivity contribution is -0.138. The number of nitrogens with zero attached hydrogens (tertiary/aromatic N) is 1. The van der Waals surface area contributed by atoms with Crippen molar-refractivity contribution in [2.24, 2.45) is 5.92 Å². The highest BCUT2D eigenvalue weighted by Gasteiger charge is 2.18. The van der Waals surface area contributed by atoms with E-state index >= 15 is 0 Å². The highest BCUT2D eigenvalue weighted by atomic mass is 16.5. The van der Waals surface area contributed by atoms with E-state index in [-0.39, 0.29) is 5.57 Å². The Morgan fingerprint density at radius 1 is 1.47 bits per heavy atom. The Hall–Kier alpha value is -1.30. The van der Waals surface area contributed by atoms with Gasteiger partial charge < -0.3 is 4.74 Å². The molecule has 0 aliphatic carbocycles. The van der Waals surface area contributed by atoms with Crippen LogP contribution in [0.4, 0.5) is 0 Å². The predicted octanol–water partition coefficient (Wildman–Crippen LogP) is 2.83. The van der Waals surface area contributed by atoms with E-state index in [0.29, 0.717) is 13.0 Å². The second kappa shape index (κ2) is 8.05. The van der Waals surface area contributed by atoms with Crippen LogP contribution in [0.5, 0.6) is 0 Å². The molecule has 3 heteroatoms. The molecule has 15 heavy (non-hydrogen) atoms. The second-order valence-electron chi connectivity index (χ2n) is 3.42. The Labute approximate surface area is 91.7 Å². The molecular weight excluding hydrogens is 190 g/mol. The third kappa shape index (κ3) is 5.21. The molecule has 1 atom stereocenters. The van der Waals surface area contributed by atoms with Crippen LogP contribution in [0.15, 0.2) is 12.2 Å². The van der Waals surface area contributed by atoms with E-state index in [4.69, 9.17) is 10.00 Å². The quantitative estimate of drug-likeness (QED) is 0.368. The lowest BCUT2D eigenvalue weighted by atomic mass is 9.95. The fourth-order valence-corrected chi connectivity index (χ4v) is 1.28. The van der Waals surface area contributed by atoms with Crippen LogP contribution in [-0.4, -0.2) is 12.6 Å². The molecule has 0 amide bonds. The van der Waals surface area contributed by atoms with E-state index < -0.39 is 11.9 Å². The Morgan fingerprint density at radius 3 is 2.60 bits per heavy atom. The lowest BCUT2D eigenvalue weighted by Crippen LogP contribution is -2.14. The third-order valence-corrected chi connectivity index (χ3v) is 2.21. The van der Waals surface area contributed by atoms with Crippen molar-refractivity contribution in [3.63, 3.8) is 0 Å². The number of carbonyl (C=O) groups excluding carboxylic acids is 1. The van der Waals surface area contributed by atoms with E-state index in [2.05, 4.69) is 19.6 Å². The highest BCUT2D eigenvalue weighted by molar-refractivity contribution is 5.88. The summed E-state index contributed by atoms with van der Waals surface area (Å²) in [5.74, 6) is -0.837. The second-order valence-corrected chi connectivity index (χ2v) is 3.42. The van der Waals surface area contributed by atoms with E-state index in [1.165, 1.54) is 0 Å². The van der Waals surface area contributed by atoms with E-state index in [1.807, 2.05) is 0 Å².